The molecule has 0 aliphatic rings. The predicted molar refractivity (Wildman–Crippen MR) is 75.2 cm³/mol. The number of carbonyl (C=O) groups is 1. The molecule has 1 unspecified atom stereocenters. The van der Waals surface area contributed by atoms with Crippen LogP contribution in [0.2, 0.25) is 0 Å². The van der Waals surface area contributed by atoms with Crippen molar-refractivity contribution in [2.75, 3.05) is 6.54 Å². The quantitative estimate of drug-likeness (QED) is 0.825. The number of hydrogen-bond donors (Lipinski definition) is 2. The lowest BCUT2D eigenvalue weighted by atomic mass is 10.1. The molecule has 0 fully saturated rings. The van der Waals surface area contributed by atoms with Crippen LogP contribution in [0.15, 0.2) is 6.20 Å². The summed E-state index contributed by atoms with van der Waals surface area (Å²) in [4.78, 5) is 12.2. The van der Waals surface area contributed by atoms with Crippen LogP contribution in [0.4, 0.5) is 0 Å². The van der Waals surface area contributed by atoms with E-state index in [2.05, 4.69) is 10.4 Å². The number of hydrogen-bond acceptors (Lipinski definition) is 3. The van der Waals surface area contributed by atoms with Gasteiger partial charge in [-0.2, -0.15) is 5.10 Å². The Morgan fingerprint density at radius 3 is 2.53 bits per heavy atom. The van der Waals surface area contributed by atoms with E-state index in [-0.39, 0.29) is 24.3 Å². The molecule has 1 amide bonds. The van der Waals surface area contributed by atoms with E-state index < -0.39 is 6.10 Å². The van der Waals surface area contributed by atoms with Gasteiger partial charge in [0.05, 0.1) is 17.4 Å². The van der Waals surface area contributed by atoms with Crippen molar-refractivity contribution in [3.63, 3.8) is 0 Å². The molecule has 1 aromatic heterocycles. The lowest BCUT2D eigenvalue weighted by molar-refractivity contribution is 0.0870. The third kappa shape index (κ3) is 4.06. The zero-order chi connectivity index (χ0) is 14.6. The molecule has 5 nitrogen and oxygen atoms in total. The molecule has 0 saturated heterocycles. The Labute approximate surface area is 115 Å². The highest BCUT2D eigenvalue weighted by molar-refractivity contribution is 5.95. The van der Waals surface area contributed by atoms with Crippen molar-refractivity contribution in [2.24, 2.45) is 5.92 Å². The van der Waals surface area contributed by atoms with Crippen molar-refractivity contribution in [1.82, 2.24) is 15.1 Å². The molecule has 0 radical (unpaired) electrons. The smallest absolute Gasteiger partial charge is 0.254 e. The summed E-state index contributed by atoms with van der Waals surface area (Å²) < 4.78 is 1.77. The largest absolute Gasteiger partial charge is 0.391 e. The number of aryl methyl sites for hydroxylation is 1. The first kappa shape index (κ1) is 15.7. The second-order valence-corrected chi connectivity index (χ2v) is 5.46. The Morgan fingerprint density at radius 1 is 1.42 bits per heavy atom. The first-order valence-electron chi connectivity index (χ1n) is 6.90. The molecule has 19 heavy (non-hydrogen) atoms. The van der Waals surface area contributed by atoms with E-state index in [0.29, 0.717) is 5.56 Å². The highest BCUT2D eigenvalue weighted by Gasteiger charge is 2.19. The average Bonchev–Trinajstić information content (AvgIpc) is 2.79. The number of aliphatic hydroxyl groups is 1. The van der Waals surface area contributed by atoms with Gasteiger partial charge in [0.1, 0.15) is 0 Å². The van der Waals surface area contributed by atoms with Crippen LogP contribution in [0.25, 0.3) is 0 Å². The van der Waals surface area contributed by atoms with Crippen molar-refractivity contribution in [1.29, 1.82) is 0 Å². The topological polar surface area (TPSA) is 67.2 Å². The summed E-state index contributed by atoms with van der Waals surface area (Å²) in [5.74, 6) is 0.162. The summed E-state index contributed by atoms with van der Waals surface area (Å²) in [6, 6.07) is 0. The van der Waals surface area contributed by atoms with Gasteiger partial charge in [-0.3, -0.25) is 9.48 Å². The van der Waals surface area contributed by atoms with Gasteiger partial charge in [0, 0.05) is 19.3 Å². The maximum Gasteiger partial charge on any atom is 0.254 e. The molecule has 1 rings (SSSR count). The Morgan fingerprint density at radius 2 is 2.05 bits per heavy atom. The molecule has 108 valence electrons. The highest BCUT2D eigenvalue weighted by Crippen LogP contribution is 2.17. The minimum Gasteiger partial charge on any atom is -0.391 e. The molecule has 0 aromatic carbocycles. The molecular weight excluding hydrogens is 242 g/mol. The summed E-state index contributed by atoms with van der Waals surface area (Å²) in [6.07, 6.45) is 1.25. The van der Waals surface area contributed by atoms with Crippen LogP contribution < -0.4 is 5.32 Å². The number of aromatic nitrogens is 2. The number of nitrogens with zero attached hydrogens (tertiary/aromatic N) is 2. The lowest BCUT2D eigenvalue weighted by Crippen LogP contribution is -2.35. The molecule has 1 heterocycles. The van der Waals surface area contributed by atoms with Crippen LogP contribution >= 0.6 is 0 Å². The predicted octanol–water partition coefficient (Wildman–Crippen LogP) is 1.77. The highest BCUT2D eigenvalue weighted by atomic mass is 16.3. The third-order valence-electron chi connectivity index (χ3n) is 3.15. The van der Waals surface area contributed by atoms with Gasteiger partial charge in [0.2, 0.25) is 0 Å². The second-order valence-electron chi connectivity index (χ2n) is 5.46. The number of carbonyl (C=O) groups excluding carboxylic acids is 1. The van der Waals surface area contributed by atoms with E-state index in [1.54, 1.807) is 10.9 Å². The van der Waals surface area contributed by atoms with Gasteiger partial charge in [-0.05, 0) is 18.8 Å². The fraction of sp³-hybridized carbons (Fsp3) is 0.714. The first-order valence-corrected chi connectivity index (χ1v) is 6.90. The molecule has 0 aliphatic heterocycles. The Hall–Kier alpha value is -1.36. The van der Waals surface area contributed by atoms with E-state index >= 15 is 0 Å². The van der Waals surface area contributed by atoms with Crippen molar-refractivity contribution < 1.29 is 9.90 Å². The maximum absolute atomic E-state index is 12.2. The van der Waals surface area contributed by atoms with Crippen LogP contribution in [-0.2, 0) is 6.54 Å². The van der Waals surface area contributed by atoms with Gasteiger partial charge in [-0.15, -0.1) is 0 Å². The summed E-state index contributed by atoms with van der Waals surface area (Å²) in [6.45, 7) is 10.9. The Balaban J connectivity index is 2.78. The zero-order valence-corrected chi connectivity index (χ0v) is 12.5. The van der Waals surface area contributed by atoms with Crippen molar-refractivity contribution >= 4 is 5.91 Å². The zero-order valence-electron chi connectivity index (χ0n) is 12.5. The van der Waals surface area contributed by atoms with Crippen molar-refractivity contribution in [3.8, 4) is 0 Å². The number of amides is 1. The number of nitrogens with one attached hydrogen (secondary N) is 1. The standard InChI is InChI=1S/C14H25N3O2/c1-6-17-8-11(13(16-17)10(4)5)14(19)15-7-12(18)9(2)3/h8-10,12,18H,6-7H2,1-5H3,(H,15,19). The summed E-state index contributed by atoms with van der Waals surface area (Å²) in [7, 11) is 0. The first-order chi connectivity index (χ1) is 8.86. The van der Waals surface area contributed by atoms with Crippen LogP contribution in [0.3, 0.4) is 0 Å². The van der Waals surface area contributed by atoms with E-state index in [9.17, 15) is 9.90 Å². The number of rotatable bonds is 6. The SMILES string of the molecule is CCn1cc(C(=O)NCC(O)C(C)C)c(C(C)C)n1. The van der Waals surface area contributed by atoms with Gasteiger partial charge < -0.3 is 10.4 Å². The minimum atomic E-state index is -0.521. The monoisotopic (exact) mass is 267 g/mol. The van der Waals surface area contributed by atoms with E-state index in [0.717, 1.165) is 12.2 Å². The van der Waals surface area contributed by atoms with Crippen molar-refractivity contribution in [2.45, 2.75) is 53.2 Å². The molecule has 0 bridgehead atoms. The van der Waals surface area contributed by atoms with Crippen LogP contribution in [0, 0.1) is 5.92 Å². The van der Waals surface area contributed by atoms with Crippen LogP contribution in [-0.4, -0.2) is 33.4 Å². The van der Waals surface area contributed by atoms with E-state index in [1.807, 2.05) is 34.6 Å². The van der Waals surface area contributed by atoms with Gasteiger partial charge in [-0.25, -0.2) is 0 Å². The van der Waals surface area contributed by atoms with Crippen molar-refractivity contribution in [3.05, 3.63) is 17.5 Å². The summed E-state index contributed by atoms with van der Waals surface area (Å²) >= 11 is 0. The normalized spacial score (nSPS) is 13.1. The lowest BCUT2D eigenvalue weighted by Gasteiger charge is -2.15. The molecule has 5 heteroatoms. The Bertz CT molecular complexity index is 424. The van der Waals surface area contributed by atoms with Crippen LogP contribution in [0.5, 0.6) is 0 Å². The number of aliphatic hydroxyl groups excluding tert-OH is 1. The molecule has 0 saturated carbocycles. The van der Waals surface area contributed by atoms with Gasteiger partial charge >= 0.3 is 0 Å². The van der Waals surface area contributed by atoms with Gasteiger partial charge in [0.25, 0.3) is 5.91 Å². The molecule has 2 N–H and O–H groups in total. The fourth-order valence-corrected chi connectivity index (χ4v) is 1.73. The fourth-order valence-electron chi connectivity index (χ4n) is 1.73. The van der Waals surface area contributed by atoms with Gasteiger partial charge in [-0.1, -0.05) is 27.7 Å². The summed E-state index contributed by atoms with van der Waals surface area (Å²) in [5, 5.41) is 16.9. The summed E-state index contributed by atoms with van der Waals surface area (Å²) in [5.41, 5.74) is 1.41. The average molecular weight is 267 g/mol. The third-order valence-corrected chi connectivity index (χ3v) is 3.15. The molecule has 0 aliphatic carbocycles. The molecular formula is C14H25N3O2. The Kier molecular flexibility index (Phi) is 5.54. The second kappa shape index (κ2) is 6.70. The van der Waals surface area contributed by atoms with Gasteiger partial charge in [0.15, 0.2) is 0 Å². The minimum absolute atomic E-state index is 0.128. The maximum atomic E-state index is 12.2. The molecule has 1 aromatic rings. The molecule has 1 atom stereocenters. The van der Waals surface area contributed by atoms with E-state index in [4.69, 9.17) is 0 Å². The van der Waals surface area contributed by atoms with E-state index in [1.165, 1.54) is 0 Å². The molecule has 0 spiro atoms. The van der Waals surface area contributed by atoms with Crippen LogP contribution in [0.1, 0.15) is 56.6 Å².